The van der Waals surface area contributed by atoms with Crippen molar-refractivity contribution in [2.45, 2.75) is 24.9 Å². The zero-order valence-electron chi connectivity index (χ0n) is 7.85. The lowest BCUT2D eigenvalue weighted by Gasteiger charge is -2.04. The molecule has 0 unspecified atom stereocenters. The second-order valence-corrected chi connectivity index (χ2v) is 5.10. The molecule has 5 heteroatoms. The molecule has 0 fully saturated rings. The third-order valence-corrected chi connectivity index (χ3v) is 2.44. The van der Waals surface area contributed by atoms with E-state index in [4.69, 9.17) is 0 Å². The standard InChI is InChI=1S/C8H12N2O2S/c1-6(2)7-4-5-9-8(10-7)13(3,11)12/h4-6H,1-3H3. The van der Waals surface area contributed by atoms with Crippen molar-refractivity contribution < 1.29 is 8.42 Å². The van der Waals surface area contributed by atoms with Gasteiger partial charge in [0.05, 0.1) is 0 Å². The van der Waals surface area contributed by atoms with Gasteiger partial charge in [0.1, 0.15) is 0 Å². The van der Waals surface area contributed by atoms with E-state index >= 15 is 0 Å². The van der Waals surface area contributed by atoms with Crippen LogP contribution >= 0.6 is 0 Å². The van der Waals surface area contributed by atoms with Gasteiger partial charge in [-0.1, -0.05) is 13.8 Å². The van der Waals surface area contributed by atoms with Gasteiger partial charge in [0.25, 0.3) is 0 Å². The van der Waals surface area contributed by atoms with Gasteiger partial charge >= 0.3 is 0 Å². The van der Waals surface area contributed by atoms with Crippen molar-refractivity contribution in [2.24, 2.45) is 0 Å². The third-order valence-electron chi connectivity index (χ3n) is 1.58. The quantitative estimate of drug-likeness (QED) is 0.668. The maximum Gasteiger partial charge on any atom is 0.246 e. The molecule has 72 valence electrons. The number of aromatic nitrogens is 2. The van der Waals surface area contributed by atoms with Crippen LogP contribution in [-0.4, -0.2) is 24.6 Å². The van der Waals surface area contributed by atoms with Gasteiger partial charge in [-0.2, -0.15) is 0 Å². The van der Waals surface area contributed by atoms with Crippen molar-refractivity contribution in [3.63, 3.8) is 0 Å². The molecule has 0 spiro atoms. The van der Waals surface area contributed by atoms with E-state index in [0.29, 0.717) is 0 Å². The highest BCUT2D eigenvalue weighted by atomic mass is 32.2. The summed E-state index contributed by atoms with van der Waals surface area (Å²) in [5.74, 6) is 0.212. The predicted molar refractivity (Wildman–Crippen MR) is 49.2 cm³/mol. The minimum Gasteiger partial charge on any atom is -0.227 e. The van der Waals surface area contributed by atoms with Gasteiger partial charge in [0, 0.05) is 18.1 Å². The summed E-state index contributed by atoms with van der Waals surface area (Å²) in [4.78, 5) is 7.64. The molecule has 0 aliphatic rings. The summed E-state index contributed by atoms with van der Waals surface area (Å²) < 4.78 is 22.2. The highest BCUT2D eigenvalue weighted by molar-refractivity contribution is 7.90. The fourth-order valence-corrected chi connectivity index (χ4v) is 1.38. The van der Waals surface area contributed by atoms with Crippen LogP contribution in [0.15, 0.2) is 17.4 Å². The number of hydrogen-bond acceptors (Lipinski definition) is 4. The fourth-order valence-electron chi connectivity index (χ4n) is 0.854. The summed E-state index contributed by atoms with van der Waals surface area (Å²) in [7, 11) is -3.28. The third kappa shape index (κ3) is 2.48. The van der Waals surface area contributed by atoms with E-state index in [1.54, 1.807) is 6.07 Å². The van der Waals surface area contributed by atoms with Crippen molar-refractivity contribution in [3.8, 4) is 0 Å². The highest BCUT2D eigenvalue weighted by Crippen LogP contribution is 2.11. The summed E-state index contributed by atoms with van der Waals surface area (Å²) in [6, 6.07) is 1.72. The smallest absolute Gasteiger partial charge is 0.227 e. The van der Waals surface area contributed by atoms with Crippen LogP contribution in [0.5, 0.6) is 0 Å². The maximum atomic E-state index is 11.1. The Balaban J connectivity index is 3.21. The SMILES string of the molecule is CC(C)c1ccnc(S(C)(=O)=O)n1. The van der Waals surface area contributed by atoms with Crippen molar-refractivity contribution in [2.75, 3.05) is 6.26 Å². The average Bonchev–Trinajstić information content (AvgIpc) is 2.03. The highest BCUT2D eigenvalue weighted by Gasteiger charge is 2.11. The van der Waals surface area contributed by atoms with Crippen LogP contribution in [0.4, 0.5) is 0 Å². The molecular formula is C8H12N2O2S. The second kappa shape index (κ2) is 3.41. The van der Waals surface area contributed by atoms with E-state index in [1.807, 2.05) is 13.8 Å². The minimum absolute atomic E-state index is 0.0984. The normalized spacial score (nSPS) is 12.0. The van der Waals surface area contributed by atoms with Crippen LogP contribution < -0.4 is 0 Å². The van der Waals surface area contributed by atoms with E-state index < -0.39 is 9.84 Å². The molecule has 1 heterocycles. The van der Waals surface area contributed by atoms with Crippen LogP contribution in [0.1, 0.15) is 25.5 Å². The Morgan fingerprint density at radius 3 is 2.46 bits per heavy atom. The number of hydrogen-bond donors (Lipinski definition) is 0. The molecule has 0 saturated carbocycles. The zero-order chi connectivity index (χ0) is 10.1. The lowest BCUT2D eigenvalue weighted by Crippen LogP contribution is -2.06. The first-order valence-corrected chi connectivity index (χ1v) is 5.83. The van der Waals surface area contributed by atoms with Gasteiger partial charge in [-0.25, -0.2) is 18.4 Å². The summed E-state index contributed by atoms with van der Waals surface area (Å²) in [6.45, 7) is 3.91. The zero-order valence-corrected chi connectivity index (χ0v) is 8.67. The molecule has 0 aliphatic heterocycles. The molecular weight excluding hydrogens is 188 g/mol. The molecule has 0 radical (unpaired) electrons. The van der Waals surface area contributed by atoms with Gasteiger partial charge in [-0.3, -0.25) is 0 Å². The van der Waals surface area contributed by atoms with Gasteiger partial charge in [0.2, 0.25) is 15.0 Å². The van der Waals surface area contributed by atoms with E-state index in [2.05, 4.69) is 9.97 Å². The van der Waals surface area contributed by atoms with Crippen LogP contribution in [0.2, 0.25) is 0 Å². The number of sulfone groups is 1. The average molecular weight is 200 g/mol. The summed E-state index contributed by atoms with van der Waals surface area (Å²) in [5, 5.41) is -0.0984. The van der Waals surface area contributed by atoms with Gasteiger partial charge < -0.3 is 0 Å². The molecule has 0 aliphatic carbocycles. The van der Waals surface area contributed by atoms with E-state index in [0.717, 1.165) is 11.9 Å². The Hall–Kier alpha value is -0.970. The molecule has 0 bridgehead atoms. The summed E-state index contributed by atoms with van der Waals surface area (Å²) >= 11 is 0. The monoisotopic (exact) mass is 200 g/mol. The largest absolute Gasteiger partial charge is 0.246 e. The van der Waals surface area contributed by atoms with Crippen molar-refractivity contribution in [3.05, 3.63) is 18.0 Å². The van der Waals surface area contributed by atoms with Crippen molar-refractivity contribution in [1.29, 1.82) is 0 Å². The Morgan fingerprint density at radius 2 is 2.00 bits per heavy atom. The van der Waals surface area contributed by atoms with Crippen molar-refractivity contribution in [1.82, 2.24) is 9.97 Å². The molecule has 0 aromatic carbocycles. The van der Waals surface area contributed by atoms with E-state index in [-0.39, 0.29) is 11.1 Å². The van der Waals surface area contributed by atoms with Crippen LogP contribution in [-0.2, 0) is 9.84 Å². The van der Waals surface area contributed by atoms with Crippen LogP contribution in [0.3, 0.4) is 0 Å². The lowest BCUT2D eigenvalue weighted by atomic mass is 10.1. The topological polar surface area (TPSA) is 59.9 Å². The molecule has 0 atom stereocenters. The Kier molecular flexibility index (Phi) is 2.66. The maximum absolute atomic E-state index is 11.1. The molecule has 4 nitrogen and oxygen atoms in total. The fraction of sp³-hybridized carbons (Fsp3) is 0.500. The van der Waals surface area contributed by atoms with Gasteiger partial charge in [-0.15, -0.1) is 0 Å². The molecule has 1 rings (SSSR count). The Bertz CT molecular complexity index is 398. The first kappa shape index (κ1) is 10.1. The predicted octanol–water partition coefficient (Wildman–Crippen LogP) is 1.00. The Morgan fingerprint density at radius 1 is 1.38 bits per heavy atom. The number of rotatable bonds is 2. The number of nitrogens with zero attached hydrogens (tertiary/aromatic N) is 2. The van der Waals surface area contributed by atoms with E-state index in [1.165, 1.54) is 6.20 Å². The summed E-state index contributed by atoms with van der Waals surface area (Å²) in [6.07, 6.45) is 2.57. The van der Waals surface area contributed by atoms with E-state index in [9.17, 15) is 8.42 Å². The van der Waals surface area contributed by atoms with Crippen LogP contribution in [0, 0.1) is 0 Å². The first-order valence-electron chi connectivity index (χ1n) is 3.94. The Labute approximate surface area is 78.0 Å². The summed E-state index contributed by atoms with van der Waals surface area (Å²) in [5.41, 5.74) is 0.746. The van der Waals surface area contributed by atoms with Crippen molar-refractivity contribution >= 4 is 9.84 Å². The molecule has 0 saturated heterocycles. The molecule has 0 N–H and O–H groups in total. The molecule has 0 amide bonds. The first-order chi connectivity index (χ1) is 5.91. The molecule has 1 aromatic heterocycles. The van der Waals surface area contributed by atoms with Crippen LogP contribution in [0.25, 0.3) is 0 Å². The lowest BCUT2D eigenvalue weighted by molar-refractivity contribution is 0.590. The molecule has 13 heavy (non-hydrogen) atoms. The minimum atomic E-state index is -3.28. The van der Waals surface area contributed by atoms with Gasteiger partial charge in [0.15, 0.2) is 0 Å². The molecule has 1 aromatic rings. The second-order valence-electron chi connectivity index (χ2n) is 3.19. The van der Waals surface area contributed by atoms with Gasteiger partial charge in [-0.05, 0) is 12.0 Å².